The van der Waals surface area contributed by atoms with Crippen LogP contribution in [0.4, 0.5) is 4.39 Å². The van der Waals surface area contributed by atoms with Gasteiger partial charge in [-0.3, -0.25) is 4.79 Å². The van der Waals surface area contributed by atoms with Crippen molar-refractivity contribution < 1.29 is 19.1 Å². The maximum absolute atomic E-state index is 15.4. The highest BCUT2D eigenvalue weighted by Crippen LogP contribution is 2.35. The Morgan fingerprint density at radius 3 is 2.28 bits per heavy atom. The third-order valence-electron chi connectivity index (χ3n) is 4.59. The Labute approximate surface area is 174 Å². The number of carboxylic acids is 1. The average molecular weight is 429 g/mol. The summed E-state index contributed by atoms with van der Waals surface area (Å²) in [5.74, 6) is -2.47. The first-order valence-corrected chi connectivity index (χ1v) is 9.22. The summed E-state index contributed by atoms with van der Waals surface area (Å²) >= 11 is 12.2. The van der Waals surface area contributed by atoms with Gasteiger partial charge in [0, 0.05) is 12.0 Å². The Bertz CT molecular complexity index is 1170. The number of fused-ring (bicyclic) bond motifs is 1. The Morgan fingerprint density at radius 2 is 1.66 bits per heavy atom. The third-order valence-corrected chi connectivity index (χ3v) is 5.22. The highest BCUT2D eigenvalue weighted by Gasteiger charge is 2.33. The molecule has 1 heterocycles. The average Bonchev–Trinajstić information content (AvgIpc) is 3.13. The van der Waals surface area contributed by atoms with Crippen molar-refractivity contribution in [2.24, 2.45) is 10.2 Å². The molecule has 0 bridgehead atoms. The Hall–Kier alpha value is -3.09. The van der Waals surface area contributed by atoms with Crippen molar-refractivity contribution in [2.75, 3.05) is 0 Å². The van der Waals surface area contributed by atoms with Gasteiger partial charge in [-0.15, -0.1) is 5.10 Å². The zero-order valence-electron chi connectivity index (χ0n) is 14.6. The number of hydrogen-bond donors (Lipinski definition) is 1. The van der Waals surface area contributed by atoms with Gasteiger partial charge < -0.3 is 5.11 Å². The van der Waals surface area contributed by atoms with E-state index in [1.54, 1.807) is 6.07 Å². The highest BCUT2D eigenvalue weighted by atomic mass is 35.5. The fourth-order valence-electron chi connectivity index (χ4n) is 3.16. The van der Waals surface area contributed by atoms with Gasteiger partial charge in [0.05, 0.1) is 38.0 Å². The summed E-state index contributed by atoms with van der Waals surface area (Å²) in [4.78, 5) is 24.0. The van der Waals surface area contributed by atoms with Crippen LogP contribution in [0.2, 0.25) is 10.0 Å². The number of rotatable bonds is 4. The van der Waals surface area contributed by atoms with Crippen molar-refractivity contribution in [3.8, 4) is 0 Å². The largest absolute Gasteiger partial charge is 0.478 e. The third kappa shape index (κ3) is 3.30. The van der Waals surface area contributed by atoms with E-state index in [1.807, 2.05) is 0 Å². The first-order chi connectivity index (χ1) is 13.9. The van der Waals surface area contributed by atoms with E-state index in [1.165, 1.54) is 42.5 Å². The standard InChI is InChI=1S/C21H11Cl2FN2O3/c22-13-2-1-3-14(23)16(13)20(27)12-8-9-15-17(18(12)24)19(26-25-15)10-4-6-11(7-5-10)21(28)29/h1-8H,9H2,(H,28,29). The van der Waals surface area contributed by atoms with Crippen LogP contribution in [0.5, 0.6) is 0 Å². The number of halogens is 3. The first kappa shape index (κ1) is 19.2. The lowest BCUT2D eigenvalue weighted by atomic mass is 9.87. The van der Waals surface area contributed by atoms with Gasteiger partial charge in [0.1, 0.15) is 11.5 Å². The number of carbonyl (C=O) groups excluding carboxylic acids is 1. The molecule has 1 aliphatic heterocycles. The van der Waals surface area contributed by atoms with Crippen LogP contribution in [0.25, 0.3) is 0 Å². The van der Waals surface area contributed by atoms with Crippen LogP contribution in [0.3, 0.4) is 0 Å². The molecule has 0 radical (unpaired) electrons. The van der Waals surface area contributed by atoms with Gasteiger partial charge in [-0.2, -0.15) is 5.10 Å². The molecule has 0 saturated carbocycles. The Morgan fingerprint density at radius 1 is 1.00 bits per heavy atom. The van der Waals surface area contributed by atoms with Crippen molar-refractivity contribution in [3.63, 3.8) is 0 Å². The van der Waals surface area contributed by atoms with Crippen LogP contribution in [0, 0.1) is 0 Å². The number of hydrogen-bond acceptors (Lipinski definition) is 4. The summed E-state index contributed by atoms with van der Waals surface area (Å²) < 4.78 is 15.4. The molecule has 0 fully saturated rings. The number of Topliss-reactive ketones (excluding diaryl/α,β-unsaturated/α-hetero) is 1. The molecule has 0 amide bonds. The normalized spacial score (nSPS) is 15.5. The van der Waals surface area contributed by atoms with Crippen molar-refractivity contribution >= 4 is 46.4 Å². The molecular formula is C21H11Cl2FN2O3. The number of benzene rings is 2. The molecule has 2 aromatic rings. The van der Waals surface area contributed by atoms with Gasteiger partial charge in [-0.1, -0.05) is 47.5 Å². The van der Waals surface area contributed by atoms with Crippen LogP contribution in [-0.4, -0.2) is 28.3 Å². The summed E-state index contributed by atoms with van der Waals surface area (Å²) in [7, 11) is 0. The molecule has 0 atom stereocenters. The molecule has 5 nitrogen and oxygen atoms in total. The molecule has 2 aliphatic rings. The molecule has 0 saturated heterocycles. The van der Waals surface area contributed by atoms with Crippen molar-refractivity contribution in [3.05, 3.63) is 92.2 Å². The minimum Gasteiger partial charge on any atom is -0.478 e. The van der Waals surface area contributed by atoms with Crippen LogP contribution < -0.4 is 0 Å². The van der Waals surface area contributed by atoms with Crippen LogP contribution in [-0.2, 0) is 0 Å². The molecule has 4 rings (SSSR count). The van der Waals surface area contributed by atoms with Gasteiger partial charge in [0.2, 0.25) is 0 Å². The second kappa shape index (κ2) is 7.39. The summed E-state index contributed by atoms with van der Waals surface area (Å²) in [6.45, 7) is 0. The lowest BCUT2D eigenvalue weighted by molar-refractivity contribution is 0.0696. The summed E-state index contributed by atoms with van der Waals surface area (Å²) in [6, 6.07) is 10.4. The molecule has 2 aromatic carbocycles. The molecule has 0 aromatic heterocycles. The maximum Gasteiger partial charge on any atom is 0.335 e. The zero-order chi connectivity index (χ0) is 20.7. The molecule has 144 valence electrons. The zero-order valence-corrected chi connectivity index (χ0v) is 16.1. The van der Waals surface area contributed by atoms with E-state index in [9.17, 15) is 9.59 Å². The van der Waals surface area contributed by atoms with E-state index in [2.05, 4.69) is 10.2 Å². The molecule has 1 N–H and O–H groups in total. The smallest absolute Gasteiger partial charge is 0.335 e. The van der Waals surface area contributed by atoms with Crippen molar-refractivity contribution in [1.82, 2.24) is 0 Å². The minimum atomic E-state index is -1.07. The van der Waals surface area contributed by atoms with Gasteiger partial charge in [0.15, 0.2) is 5.78 Å². The number of ketones is 1. The van der Waals surface area contributed by atoms with Gasteiger partial charge in [-0.25, -0.2) is 9.18 Å². The fourth-order valence-corrected chi connectivity index (χ4v) is 3.73. The minimum absolute atomic E-state index is 0.0283. The topological polar surface area (TPSA) is 79.1 Å². The van der Waals surface area contributed by atoms with Gasteiger partial charge in [-0.05, 0) is 24.3 Å². The summed E-state index contributed by atoms with van der Waals surface area (Å²) in [5, 5.41) is 17.3. The molecule has 0 spiro atoms. The maximum atomic E-state index is 15.4. The number of carbonyl (C=O) groups is 2. The molecule has 0 unspecified atom stereocenters. The summed E-state index contributed by atoms with van der Waals surface area (Å²) in [5.41, 5.74) is 1.19. The van der Waals surface area contributed by atoms with Crippen LogP contribution in [0.1, 0.15) is 32.7 Å². The number of aromatic carboxylic acids is 1. The molecular weight excluding hydrogens is 418 g/mol. The predicted molar refractivity (Wildman–Crippen MR) is 109 cm³/mol. The van der Waals surface area contributed by atoms with E-state index in [0.717, 1.165) is 0 Å². The lowest BCUT2D eigenvalue weighted by Crippen LogP contribution is -2.19. The fraction of sp³-hybridized carbons (Fsp3) is 0.0476. The van der Waals surface area contributed by atoms with Crippen molar-refractivity contribution in [1.29, 1.82) is 0 Å². The number of carboxylic acid groups (broad SMARTS) is 1. The second-order valence-corrected chi connectivity index (χ2v) is 7.13. The molecule has 29 heavy (non-hydrogen) atoms. The Kier molecular flexibility index (Phi) is 4.90. The lowest BCUT2D eigenvalue weighted by Gasteiger charge is -2.16. The Balaban J connectivity index is 1.74. The van der Waals surface area contributed by atoms with E-state index in [4.69, 9.17) is 28.3 Å². The monoisotopic (exact) mass is 428 g/mol. The predicted octanol–water partition coefficient (Wildman–Crippen LogP) is 5.29. The van der Waals surface area contributed by atoms with E-state index in [0.29, 0.717) is 11.3 Å². The van der Waals surface area contributed by atoms with E-state index >= 15 is 4.39 Å². The second-order valence-electron chi connectivity index (χ2n) is 6.31. The van der Waals surface area contributed by atoms with Gasteiger partial charge >= 0.3 is 5.97 Å². The van der Waals surface area contributed by atoms with E-state index < -0.39 is 17.6 Å². The van der Waals surface area contributed by atoms with Gasteiger partial charge in [0.25, 0.3) is 0 Å². The SMILES string of the molecule is O=C(O)c1ccc(C2=NN=C3CC=C(C(=O)c4c(Cl)cccc4Cl)C(F)=C32)cc1. The highest BCUT2D eigenvalue weighted by molar-refractivity contribution is 6.42. The molecule has 8 heteroatoms. The molecule has 1 aliphatic carbocycles. The van der Waals surface area contributed by atoms with Crippen LogP contribution >= 0.6 is 23.2 Å². The number of allylic oxidation sites excluding steroid dienone is 4. The van der Waals surface area contributed by atoms with Crippen molar-refractivity contribution in [2.45, 2.75) is 6.42 Å². The first-order valence-electron chi connectivity index (χ1n) is 8.46. The van der Waals surface area contributed by atoms with E-state index in [-0.39, 0.29) is 44.5 Å². The van der Waals surface area contributed by atoms with Crippen LogP contribution in [0.15, 0.2) is 75.7 Å². The number of nitrogens with zero attached hydrogens (tertiary/aromatic N) is 2. The quantitative estimate of drug-likeness (QED) is 0.672. The summed E-state index contributed by atoms with van der Waals surface area (Å²) in [6.07, 6.45) is 1.65.